The van der Waals surface area contributed by atoms with Crippen molar-refractivity contribution in [3.63, 3.8) is 0 Å². The van der Waals surface area contributed by atoms with Crippen molar-refractivity contribution >= 4 is 22.7 Å². The number of aromatic amines is 1. The van der Waals surface area contributed by atoms with Gasteiger partial charge in [0.2, 0.25) is 5.95 Å². The molecule has 0 unspecified atom stereocenters. The molecule has 5 N–H and O–H groups in total. The fraction of sp³-hybridized carbons (Fsp3) is 0.267. The highest BCUT2D eigenvalue weighted by molar-refractivity contribution is 5.92. The van der Waals surface area contributed by atoms with Crippen molar-refractivity contribution in [2.75, 3.05) is 17.7 Å². The zero-order valence-electron chi connectivity index (χ0n) is 12.2. The van der Waals surface area contributed by atoms with Crippen LogP contribution in [0, 0.1) is 0 Å². The summed E-state index contributed by atoms with van der Waals surface area (Å²) in [6, 6.07) is 7.68. The van der Waals surface area contributed by atoms with Gasteiger partial charge in [0, 0.05) is 17.1 Å². The van der Waals surface area contributed by atoms with Crippen molar-refractivity contribution in [2.24, 2.45) is 0 Å². The molecule has 7 heteroatoms. The summed E-state index contributed by atoms with van der Waals surface area (Å²) < 4.78 is 0. The van der Waals surface area contributed by atoms with Crippen LogP contribution in [0.15, 0.2) is 30.5 Å². The summed E-state index contributed by atoms with van der Waals surface area (Å²) in [5.74, 6) is 0.837. The lowest BCUT2D eigenvalue weighted by atomic mass is 10.1. The van der Waals surface area contributed by atoms with Gasteiger partial charge in [0.25, 0.3) is 0 Å². The molecule has 0 aliphatic carbocycles. The fourth-order valence-electron chi connectivity index (χ4n) is 2.31. The van der Waals surface area contributed by atoms with E-state index in [1.807, 2.05) is 31.2 Å². The molecular formula is C15H18N6O. The molecular weight excluding hydrogens is 280 g/mol. The predicted octanol–water partition coefficient (Wildman–Crippen LogP) is 1.78. The molecule has 0 fully saturated rings. The number of nitrogens with two attached hydrogens (primary N) is 1. The molecule has 2 aromatic heterocycles. The van der Waals surface area contributed by atoms with E-state index in [-0.39, 0.29) is 18.6 Å². The molecule has 0 saturated heterocycles. The number of fused-ring (bicyclic) bond motifs is 1. The van der Waals surface area contributed by atoms with Crippen molar-refractivity contribution in [3.8, 4) is 11.3 Å². The van der Waals surface area contributed by atoms with Crippen LogP contribution in [0.4, 0.5) is 11.8 Å². The summed E-state index contributed by atoms with van der Waals surface area (Å²) in [4.78, 5) is 8.55. The Kier molecular flexibility index (Phi) is 3.88. The van der Waals surface area contributed by atoms with Crippen molar-refractivity contribution < 1.29 is 5.11 Å². The molecule has 22 heavy (non-hydrogen) atoms. The second kappa shape index (κ2) is 5.98. The van der Waals surface area contributed by atoms with Crippen molar-refractivity contribution in [3.05, 3.63) is 30.5 Å². The van der Waals surface area contributed by atoms with E-state index in [1.54, 1.807) is 6.20 Å². The number of benzene rings is 1. The van der Waals surface area contributed by atoms with Gasteiger partial charge in [0.15, 0.2) is 0 Å². The minimum absolute atomic E-state index is 0.0358. The lowest BCUT2D eigenvalue weighted by Gasteiger charge is -2.16. The van der Waals surface area contributed by atoms with Gasteiger partial charge in [-0.25, -0.2) is 4.98 Å². The zero-order valence-corrected chi connectivity index (χ0v) is 12.2. The second-order valence-corrected chi connectivity index (χ2v) is 5.06. The molecule has 2 heterocycles. The van der Waals surface area contributed by atoms with Crippen molar-refractivity contribution in [1.29, 1.82) is 0 Å². The maximum atomic E-state index is 9.35. The summed E-state index contributed by atoms with van der Waals surface area (Å²) in [5, 5.41) is 20.3. The van der Waals surface area contributed by atoms with E-state index in [9.17, 15) is 5.11 Å². The number of nitrogens with one attached hydrogen (secondary N) is 2. The van der Waals surface area contributed by atoms with Crippen LogP contribution in [0.3, 0.4) is 0 Å². The van der Waals surface area contributed by atoms with E-state index in [2.05, 4.69) is 25.5 Å². The number of hydrogen-bond donors (Lipinski definition) is 4. The minimum Gasteiger partial charge on any atom is -0.394 e. The maximum Gasteiger partial charge on any atom is 0.222 e. The molecule has 0 aliphatic heterocycles. The van der Waals surface area contributed by atoms with Crippen LogP contribution in [0.2, 0.25) is 0 Å². The first-order valence-corrected chi connectivity index (χ1v) is 7.15. The summed E-state index contributed by atoms with van der Waals surface area (Å²) >= 11 is 0. The van der Waals surface area contributed by atoms with Crippen molar-refractivity contribution in [1.82, 2.24) is 20.2 Å². The number of anilines is 2. The quantitative estimate of drug-likeness (QED) is 0.571. The summed E-state index contributed by atoms with van der Waals surface area (Å²) in [7, 11) is 0. The first kappa shape index (κ1) is 14.3. The Bertz CT molecular complexity index is 767. The van der Waals surface area contributed by atoms with Crippen LogP contribution in [-0.4, -0.2) is 37.9 Å². The van der Waals surface area contributed by atoms with Crippen LogP contribution < -0.4 is 11.1 Å². The lowest BCUT2D eigenvalue weighted by Crippen LogP contribution is -2.23. The smallest absolute Gasteiger partial charge is 0.222 e. The minimum atomic E-state index is -0.0650. The normalized spacial score (nSPS) is 12.5. The Morgan fingerprint density at radius 1 is 1.32 bits per heavy atom. The third-order valence-corrected chi connectivity index (χ3v) is 3.58. The van der Waals surface area contributed by atoms with Gasteiger partial charge in [0.05, 0.1) is 23.9 Å². The zero-order chi connectivity index (χ0) is 15.5. The Labute approximate surface area is 127 Å². The van der Waals surface area contributed by atoms with Crippen LogP contribution in [0.25, 0.3) is 22.2 Å². The summed E-state index contributed by atoms with van der Waals surface area (Å²) in [5.41, 5.74) is 8.44. The Morgan fingerprint density at radius 2 is 2.18 bits per heavy atom. The second-order valence-electron chi connectivity index (χ2n) is 5.06. The van der Waals surface area contributed by atoms with Gasteiger partial charge < -0.3 is 16.2 Å². The van der Waals surface area contributed by atoms with Gasteiger partial charge in [-0.3, -0.25) is 5.10 Å². The molecule has 0 bridgehead atoms. The number of aromatic nitrogens is 4. The van der Waals surface area contributed by atoms with Gasteiger partial charge in [-0.05, 0) is 24.6 Å². The summed E-state index contributed by atoms with van der Waals surface area (Å²) in [6.45, 7) is 2.03. The highest BCUT2D eigenvalue weighted by Crippen LogP contribution is 2.26. The third kappa shape index (κ3) is 2.71. The van der Waals surface area contributed by atoms with Crippen LogP contribution >= 0.6 is 0 Å². The lowest BCUT2D eigenvalue weighted by molar-refractivity contribution is 0.271. The van der Waals surface area contributed by atoms with E-state index in [1.165, 1.54) is 0 Å². The number of nitrogens with zero attached hydrogens (tertiary/aromatic N) is 3. The number of rotatable bonds is 5. The SMILES string of the molecule is CC[C@H](CO)Nc1nc(N)nc2cc(-c3ccn[nH]3)ccc12. The van der Waals surface area contributed by atoms with E-state index < -0.39 is 0 Å². The van der Waals surface area contributed by atoms with Gasteiger partial charge in [-0.2, -0.15) is 10.1 Å². The number of aliphatic hydroxyl groups is 1. The molecule has 0 saturated carbocycles. The van der Waals surface area contributed by atoms with Gasteiger partial charge >= 0.3 is 0 Å². The first-order valence-electron chi connectivity index (χ1n) is 7.15. The maximum absolute atomic E-state index is 9.35. The standard InChI is InChI=1S/C15H18N6O/c1-2-10(8-22)18-14-11-4-3-9(12-5-6-17-21-12)7-13(11)19-15(16)20-14/h3-7,10,22H,2,8H2,1H3,(H,17,21)(H3,16,18,19,20)/t10-/m1/s1. The number of hydrogen-bond acceptors (Lipinski definition) is 6. The molecule has 3 aromatic rings. The van der Waals surface area contributed by atoms with E-state index >= 15 is 0 Å². The highest BCUT2D eigenvalue weighted by Gasteiger charge is 2.12. The molecule has 1 atom stereocenters. The fourth-order valence-corrected chi connectivity index (χ4v) is 2.31. The molecule has 1 aromatic carbocycles. The van der Waals surface area contributed by atoms with Gasteiger partial charge in [0.1, 0.15) is 5.82 Å². The topological polar surface area (TPSA) is 113 Å². The Balaban J connectivity index is 2.06. The summed E-state index contributed by atoms with van der Waals surface area (Å²) in [6.07, 6.45) is 2.49. The number of aliphatic hydroxyl groups excluding tert-OH is 1. The monoisotopic (exact) mass is 298 g/mol. The average molecular weight is 298 g/mol. The molecule has 114 valence electrons. The number of nitrogen functional groups attached to an aromatic ring is 1. The average Bonchev–Trinajstić information content (AvgIpc) is 3.06. The molecule has 0 aliphatic rings. The Hall–Kier alpha value is -2.67. The molecule has 0 radical (unpaired) electrons. The van der Waals surface area contributed by atoms with Crippen LogP contribution in [0.5, 0.6) is 0 Å². The molecule has 7 nitrogen and oxygen atoms in total. The predicted molar refractivity (Wildman–Crippen MR) is 86.3 cm³/mol. The largest absolute Gasteiger partial charge is 0.394 e. The van der Waals surface area contributed by atoms with Crippen LogP contribution in [0.1, 0.15) is 13.3 Å². The molecule has 0 spiro atoms. The highest BCUT2D eigenvalue weighted by atomic mass is 16.3. The van der Waals surface area contributed by atoms with E-state index in [0.29, 0.717) is 5.82 Å². The number of H-pyrrole nitrogens is 1. The van der Waals surface area contributed by atoms with E-state index in [0.717, 1.165) is 28.6 Å². The van der Waals surface area contributed by atoms with Crippen LogP contribution in [-0.2, 0) is 0 Å². The first-order chi connectivity index (χ1) is 10.7. The third-order valence-electron chi connectivity index (χ3n) is 3.58. The molecule has 0 amide bonds. The van der Waals surface area contributed by atoms with Gasteiger partial charge in [-0.1, -0.05) is 13.0 Å². The van der Waals surface area contributed by atoms with E-state index in [4.69, 9.17) is 5.73 Å². The van der Waals surface area contributed by atoms with Crippen molar-refractivity contribution in [2.45, 2.75) is 19.4 Å². The Morgan fingerprint density at radius 3 is 2.86 bits per heavy atom. The van der Waals surface area contributed by atoms with Gasteiger partial charge in [-0.15, -0.1) is 0 Å². The molecule has 3 rings (SSSR count).